The van der Waals surface area contributed by atoms with Crippen molar-refractivity contribution in [1.29, 1.82) is 0 Å². The van der Waals surface area contributed by atoms with E-state index in [1.807, 2.05) is 0 Å². The first-order valence-electron chi connectivity index (χ1n) is 4.42. The molecule has 0 aromatic heterocycles. The predicted molar refractivity (Wildman–Crippen MR) is 52.4 cm³/mol. The summed E-state index contributed by atoms with van der Waals surface area (Å²) in [5.41, 5.74) is 0. The van der Waals surface area contributed by atoms with E-state index in [1.54, 1.807) is 0 Å². The molecule has 0 aromatic carbocycles. The first-order chi connectivity index (χ1) is 8.18. The fourth-order valence-electron chi connectivity index (χ4n) is 0.615. The molecule has 0 aromatic rings. The van der Waals surface area contributed by atoms with Crippen LogP contribution in [0, 0.1) is 0 Å². The fraction of sp³-hybridized carbons (Fsp3) is 0.625. The van der Waals surface area contributed by atoms with Crippen LogP contribution < -0.4 is 0 Å². The number of aliphatic hydroxyl groups excluding tert-OH is 5. The Kier molecular flexibility index (Phi) is 9.84. The third-order valence-electron chi connectivity index (χ3n) is 1.55. The fourth-order valence-corrected chi connectivity index (χ4v) is 0.615. The summed E-state index contributed by atoms with van der Waals surface area (Å²) in [6.07, 6.45) is -8.39. The average molecular weight is 270 g/mol. The van der Waals surface area contributed by atoms with E-state index >= 15 is 0 Å². The molecule has 0 saturated carbocycles. The quantitative estimate of drug-likeness (QED) is 0.232. The van der Waals surface area contributed by atoms with Gasteiger partial charge < -0.3 is 40.5 Å². The SMILES string of the molecule is O=C(O)CO.O=CC(O)C(O)C(O)C(O)C(=O)O. The van der Waals surface area contributed by atoms with E-state index in [9.17, 15) is 9.59 Å². The van der Waals surface area contributed by atoms with Gasteiger partial charge in [-0.25, -0.2) is 9.59 Å². The van der Waals surface area contributed by atoms with Gasteiger partial charge in [-0.1, -0.05) is 0 Å². The standard InChI is InChI=1S/C6H10O7.C2H4O3/c7-1-2(8)3(9)4(10)5(11)6(12)13;3-1-2(4)5/h1-5,8-11H,(H,12,13);3H,1H2,(H,4,5). The van der Waals surface area contributed by atoms with E-state index in [1.165, 1.54) is 0 Å². The molecular formula is C8H14O10. The number of carboxylic acids is 2. The Morgan fingerprint density at radius 1 is 1.00 bits per heavy atom. The first kappa shape index (κ1) is 18.8. The number of aliphatic hydroxyl groups is 5. The first-order valence-corrected chi connectivity index (χ1v) is 4.42. The molecule has 18 heavy (non-hydrogen) atoms. The lowest BCUT2D eigenvalue weighted by Gasteiger charge is -2.21. The Bertz CT molecular complexity index is 277. The van der Waals surface area contributed by atoms with Crippen molar-refractivity contribution in [2.75, 3.05) is 6.61 Å². The van der Waals surface area contributed by atoms with Crippen LogP contribution in [0.1, 0.15) is 0 Å². The maximum Gasteiger partial charge on any atom is 0.335 e. The molecular weight excluding hydrogens is 256 g/mol. The molecule has 4 atom stereocenters. The molecule has 0 aliphatic heterocycles. The summed E-state index contributed by atoms with van der Waals surface area (Å²) in [6.45, 7) is -0.778. The molecule has 0 saturated heterocycles. The molecule has 0 amide bonds. The number of hydrogen-bond acceptors (Lipinski definition) is 8. The topological polar surface area (TPSA) is 193 Å². The molecule has 0 heterocycles. The number of carboxylic acid groups (broad SMARTS) is 2. The van der Waals surface area contributed by atoms with Crippen LogP contribution in [0.15, 0.2) is 0 Å². The summed E-state index contributed by atoms with van der Waals surface area (Å²) in [5.74, 6) is -2.95. The maximum atomic E-state index is 10.1. The predicted octanol–water partition coefficient (Wildman–Crippen LogP) is -4.22. The Labute approximate surface area is 100 Å². The molecule has 10 nitrogen and oxygen atoms in total. The highest BCUT2D eigenvalue weighted by Crippen LogP contribution is 2.03. The van der Waals surface area contributed by atoms with Gasteiger partial charge in [0.2, 0.25) is 0 Å². The lowest BCUT2D eigenvalue weighted by atomic mass is 10.0. The largest absolute Gasteiger partial charge is 0.480 e. The number of rotatable bonds is 6. The summed E-state index contributed by atoms with van der Waals surface area (Å²) in [6, 6.07) is 0. The second-order valence-electron chi connectivity index (χ2n) is 2.94. The van der Waals surface area contributed by atoms with E-state index in [2.05, 4.69) is 0 Å². The van der Waals surface area contributed by atoms with Gasteiger partial charge in [-0.15, -0.1) is 0 Å². The van der Waals surface area contributed by atoms with E-state index in [4.69, 9.17) is 40.5 Å². The number of hydrogen-bond donors (Lipinski definition) is 7. The highest BCUT2D eigenvalue weighted by atomic mass is 16.4. The number of carbonyl (C=O) groups excluding carboxylic acids is 1. The van der Waals surface area contributed by atoms with Gasteiger partial charge in [0, 0.05) is 0 Å². The van der Waals surface area contributed by atoms with Crippen molar-refractivity contribution in [1.82, 2.24) is 0 Å². The van der Waals surface area contributed by atoms with Crippen molar-refractivity contribution < 1.29 is 50.1 Å². The van der Waals surface area contributed by atoms with Crippen LogP contribution in [0.25, 0.3) is 0 Å². The van der Waals surface area contributed by atoms with Gasteiger partial charge in [0.1, 0.15) is 24.9 Å². The van der Waals surface area contributed by atoms with Crippen LogP contribution in [0.3, 0.4) is 0 Å². The zero-order valence-electron chi connectivity index (χ0n) is 8.95. The Hall–Kier alpha value is -1.59. The minimum atomic E-state index is -2.25. The highest BCUT2D eigenvalue weighted by molar-refractivity contribution is 5.73. The monoisotopic (exact) mass is 270 g/mol. The Balaban J connectivity index is 0. The molecule has 0 aliphatic rings. The van der Waals surface area contributed by atoms with Crippen LogP contribution in [0.5, 0.6) is 0 Å². The van der Waals surface area contributed by atoms with E-state index < -0.39 is 43.0 Å². The highest BCUT2D eigenvalue weighted by Gasteiger charge is 2.33. The smallest absolute Gasteiger partial charge is 0.335 e. The van der Waals surface area contributed by atoms with E-state index in [-0.39, 0.29) is 6.29 Å². The van der Waals surface area contributed by atoms with Crippen molar-refractivity contribution in [2.45, 2.75) is 24.4 Å². The molecule has 0 rings (SSSR count). The summed E-state index contributed by atoms with van der Waals surface area (Å²) in [4.78, 5) is 29.1. The minimum Gasteiger partial charge on any atom is -0.480 e. The zero-order valence-corrected chi connectivity index (χ0v) is 8.95. The molecule has 0 bridgehead atoms. The average Bonchev–Trinajstić information content (AvgIpc) is 2.35. The van der Waals surface area contributed by atoms with Crippen LogP contribution in [0.2, 0.25) is 0 Å². The van der Waals surface area contributed by atoms with Gasteiger partial charge >= 0.3 is 11.9 Å². The Morgan fingerprint density at radius 3 is 1.61 bits per heavy atom. The molecule has 4 unspecified atom stereocenters. The van der Waals surface area contributed by atoms with Gasteiger partial charge in [0.25, 0.3) is 0 Å². The second-order valence-corrected chi connectivity index (χ2v) is 2.94. The lowest BCUT2D eigenvalue weighted by Crippen LogP contribution is -2.48. The van der Waals surface area contributed by atoms with Gasteiger partial charge in [0.05, 0.1) is 0 Å². The van der Waals surface area contributed by atoms with Crippen LogP contribution >= 0.6 is 0 Å². The van der Waals surface area contributed by atoms with E-state index in [0.717, 1.165) is 0 Å². The molecule has 0 spiro atoms. The summed E-state index contributed by atoms with van der Waals surface area (Å²) in [5, 5.41) is 58.2. The summed E-state index contributed by atoms with van der Waals surface area (Å²) >= 11 is 0. The number of aldehydes is 1. The van der Waals surface area contributed by atoms with Crippen molar-refractivity contribution in [2.24, 2.45) is 0 Å². The van der Waals surface area contributed by atoms with Crippen molar-refractivity contribution in [3.8, 4) is 0 Å². The minimum absolute atomic E-state index is 0.0809. The molecule has 0 aliphatic carbocycles. The molecule has 106 valence electrons. The normalized spacial score (nSPS) is 16.5. The number of aliphatic carboxylic acids is 2. The van der Waals surface area contributed by atoms with Crippen molar-refractivity contribution in [3.63, 3.8) is 0 Å². The third-order valence-corrected chi connectivity index (χ3v) is 1.55. The third kappa shape index (κ3) is 7.65. The van der Waals surface area contributed by atoms with E-state index in [0.29, 0.717) is 0 Å². The summed E-state index contributed by atoms with van der Waals surface area (Å²) in [7, 11) is 0. The van der Waals surface area contributed by atoms with Gasteiger partial charge in [-0.05, 0) is 0 Å². The Morgan fingerprint density at radius 2 is 1.39 bits per heavy atom. The maximum absolute atomic E-state index is 10.1. The van der Waals surface area contributed by atoms with Gasteiger partial charge in [-0.3, -0.25) is 0 Å². The van der Waals surface area contributed by atoms with Crippen LogP contribution in [-0.2, 0) is 14.4 Å². The van der Waals surface area contributed by atoms with Crippen LogP contribution in [-0.4, -0.2) is 85.0 Å². The van der Waals surface area contributed by atoms with Gasteiger partial charge in [-0.2, -0.15) is 0 Å². The zero-order chi connectivity index (χ0) is 14.9. The molecule has 0 radical (unpaired) electrons. The number of carbonyl (C=O) groups is 3. The van der Waals surface area contributed by atoms with Crippen molar-refractivity contribution >= 4 is 18.2 Å². The van der Waals surface area contributed by atoms with Crippen LogP contribution in [0.4, 0.5) is 0 Å². The van der Waals surface area contributed by atoms with Gasteiger partial charge in [0.15, 0.2) is 12.4 Å². The second kappa shape index (κ2) is 9.44. The molecule has 7 N–H and O–H groups in total. The van der Waals surface area contributed by atoms with Crippen molar-refractivity contribution in [3.05, 3.63) is 0 Å². The lowest BCUT2D eigenvalue weighted by molar-refractivity contribution is -0.163. The molecule has 0 fully saturated rings. The molecule has 10 heteroatoms. The summed E-state index contributed by atoms with van der Waals surface area (Å²) < 4.78 is 0.